The number of nitrogens with zero attached hydrogens (tertiary/aromatic N) is 2. The Morgan fingerprint density at radius 2 is 1.89 bits per heavy atom. The molecule has 1 amide bonds. The fourth-order valence-electron chi connectivity index (χ4n) is 4.81. The highest BCUT2D eigenvalue weighted by molar-refractivity contribution is 7.88. The van der Waals surface area contributed by atoms with E-state index in [1.165, 1.54) is 6.26 Å². The first kappa shape index (κ1) is 19.9. The van der Waals surface area contributed by atoms with Crippen molar-refractivity contribution in [2.24, 2.45) is 0 Å². The SMILES string of the molecule is Cc1cccc(C(=O)N2CCC3(CC2)CC(N(C2CC2)S(C)(=O)=O)CCO3)c1. The molecule has 0 radical (unpaired) electrons. The lowest BCUT2D eigenvalue weighted by atomic mass is 9.82. The molecule has 1 saturated carbocycles. The molecular formula is C21H30N2O4S. The molecular weight excluding hydrogens is 376 g/mol. The van der Waals surface area contributed by atoms with E-state index in [4.69, 9.17) is 4.74 Å². The number of hydrogen-bond acceptors (Lipinski definition) is 4. The summed E-state index contributed by atoms with van der Waals surface area (Å²) in [5, 5.41) is 0. The first-order chi connectivity index (χ1) is 13.3. The highest BCUT2D eigenvalue weighted by atomic mass is 32.2. The van der Waals surface area contributed by atoms with Crippen LogP contribution in [0.2, 0.25) is 0 Å². The van der Waals surface area contributed by atoms with E-state index < -0.39 is 10.0 Å². The Balaban J connectivity index is 1.42. The average Bonchev–Trinajstić information content (AvgIpc) is 3.46. The standard InChI is InChI=1S/C21H30N2O4S/c1-16-4-3-5-17(14-16)20(24)22-11-9-21(10-12-22)15-19(8-13-27-21)23(18-6-7-18)28(2,25)26/h3-5,14,18-19H,6-13,15H2,1-2H3. The fourth-order valence-corrected chi connectivity index (χ4v) is 6.29. The number of ether oxygens (including phenoxy) is 1. The van der Waals surface area contributed by atoms with Crippen LogP contribution in [0.15, 0.2) is 24.3 Å². The lowest BCUT2D eigenvalue weighted by Crippen LogP contribution is -2.55. The van der Waals surface area contributed by atoms with Crippen molar-refractivity contribution in [3.63, 3.8) is 0 Å². The lowest BCUT2D eigenvalue weighted by molar-refractivity contribution is -0.123. The van der Waals surface area contributed by atoms with Crippen molar-refractivity contribution in [3.8, 4) is 0 Å². The molecule has 1 aromatic rings. The number of sulfonamides is 1. The van der Waals surface area contributed by atoms with Gasteiger partial charge in [0.15, 0.2) is 0 Å². The first-order valence-electron chi connectivity index (χ1n) is 10.3. The van der Waals surface area contributed by atoms with E-state index >= 15 is 0 Å². The molecule has 1 spiro atoms. The van der Waals surface area contributed by atoms with E-state index in [1.54, 1.807) is 4.31 Å². The summed E-state index contributed by atoms with van der Waals surface area (Å²) in [6, 6.07) is 7.91. The van der Waals surface area contributed by atoms with Gasteiger partial charge in [0, 0.05) is 37.3 Å². The Morgan fingerprint density at radius 1 is 1.18 bits per heavy atom. The van der Waals surface area contributed by atoms with Gasteiger partial charge in [-0.1, -0.05) is 17.7 Å². The number of aryl methyl sites for hydroxylation is 1. The van der Waals surface area contributed by atoms with Gasteiger partial charge in [-0.2, -0.15) is 4.31 Å². The van der Waals surface area contributed by atoms with Gasteiger partial charge in [-0.25, -0.2) is 8.42 Å². The molecule has 2 saturated heterocycles. The molecule has 3 fully saturated rings. The summed E-state index contributed by atoms with van der Waals surface area (Å²) in [5.41, 5.74) is 1.51. The summed E-state index contributed by atoms with van der Waals surface area (Å²) < 4.78 is 32.6. The Labute approximate surface area is 167 Å². The minimum atomic E-state index is -3.21. The van der Waals surface area contributed by atoms with E-state index in [1.807, 2.05) is 36.1 Å². The molecule has 28 heavy (non-hydrogen) atoms. The largest absolute Gasteiger partial charge is 0.375 e. The highest BCUT2D eigenvalue weighted by Gasteiger charge is 2.47. The summed E-state index contributed by atoms with van der Waals surface area (Å²) in [6.07, 6.45) is 6.30. The van der Waals surface area contributed by atoms with Crippen LogP contribution in [0.3, 0.4) is 0 Å². The van der Waals surface area contributed by atoms with Crippen molar-refractivity contribution in [3.05, 3.63) is 35.4 Å². The zero-order valence-electron chi connectivity index (χ0n) is 16.8. The summed E-state index contributed by atoms with van der Waals surface area (Å²) in [6.45, 7) is 3.89. The minimum absolute atomic E-state index is 0.0234. The fraction of sp³-hybridized carbons (Fsp3) is 0.667. The third kappa shape index (κ3) is 4.11. The summed E-state index contributed by atoms with van der Waals surface area (Å²) in [4.78, 5) is 14.7. The maximum Gasteiger partial charge on any atom is 0.253 e. The van der Waals surface area contributed by atoms with Crippen LogP contribution in [0, 0.1) is 6.92 Å². The normalized spacial score (nSPS) is 25.2. The van der Waals surface area contributed by atoms with Crippen LogP contribution in [-0.2, 0) is 14.8 Å². The number of carbonyl (C=O) groups excluding carboxylic acids is 1. The second-order valence-electron chi connectivity index (χ2n) is 8.66. The van der Waals surface area contributed by atoms with Crippen LogP contribution in [0.1, 0.15) is 54.4 Å². The molecule has 154 valence electrons. The lowest BCUT2D eigenvalue weighted by Gasteiger charge is -2.48. The van der Waals surface area contributed by atoms with Gasteiger partial charge >= 0.3 is 0 Å². The zero-order valence-corrected chi connectivity index (χ0v) is 17.6. The Hall–Kier alpha value is -1.44. The van der Waals surface area contributed by atoms with Crippen LogP contribution in [0.4, 0.5) is 0 Å². The van der Waals surface area contributed by atoms with Gasteiger partial charge in [0.2, 0.25) is 10.0 Å². The van der Waals surface area contributed by atoms with Crippen LogP contribution >= 0.6 is 0 Å². The first-order valence-corrected chi connectivity index (χ1v) is 12.1. The number of rotatable bonds is 4. The third-order valence-corrected chi connectivity index (χ3v) is 7.71. The van der Waals surface area contributed by atoms with Crippen molar-refractivity contribution < 1.29 is 17.9 Å². The smallest absolute Gasteiger partial charge is 0.253 e. The van der Waals surface area contributed by atoms with Crippen molar-refractivity contribution in [2.45, 2.75) is 63.1 Å². The van der Waals surface area contributed by atoms with E-state index in [-0.39, 0.29) is 23.6 Å². The molecule has 3 aliphatic rings. The second-order valence-corrected chi connectivity index (χ2v) is 10.6. The number of piperidine rings is 1. The maximum absolute atomic E-state index is 12.8. The summed E-state index contributed by atoms with van der Waals surface area (Å²) in [5.74, 6) is 0.0710. The van der Waals surface area contributed by atoms with E-state index in [0.29, 0.717) is 19.7 Å². The third-order valence-electron chi connectivity index (χ3n) is 6.34. The molecule has 1 aromatic carbocycles. The van der Waals surface area contributed by atoms with E-state index in [9.17, 15) is 13.2 Å². The van der Waals surface area contributed by atoms with Gasteiger partial charge in [0.1, 0.15) is 0 Å². The Morgan fingerprint density at radius 3 is 2.50 bits per heavy atom. The monoisotopic (exact) mass is 406 g/mol. The van der Waals surface area contributed by atoms with Crippen molar-refractivity contribution in [1.82, 2.24) is 9.21 Å². The molecule has 0 aromatic heterocycles. The maximum atomic E-state index is 12.8. The predicted octanol–water partition coefficient (Wildman–Crippen LogP) is 2.57. The van der Waals surface area contributed by atoms with Crippen molar-refractivity contribution in [2.75, 3.05) is 26.0 Å². The van der Waals surface area contributed by atoms with Gasteiger partial charge in [-0.15, -0.1) is 0 Å². The predicted molar refractivity (Wildman–Crippen MR) is 108 cm³/mol. The molecule has 1 unspecified atom stereocenters. The van der Waals surface area contributed by atoms with Crippen LogP contribution < -0.4 is 0 Å². The molecule has 2 heterocycles. The number of hydrogen-bond donors (Lipinski definition) is 0. The molecule has 1 atom stereocenters. The molecule has 2 aliphatic heterocycles. The molecule has 0 bridgehead atoms. The topological polar surface area (TPSA) is 66.9 Å². The number of carbonyl (C=O) groups is 1. The van der Waals surface area contributed by atoms with Crippen molar-refractivity contribution in [1.29, 1.82) is 0 Å². The highest BCUT2D eigenvalue weighted by Crippen LogP contribution is 2.41. The molecule has 6 nitrogen and oxygen atoms in total. The van der Waals surface area contributed by atoms with Crippen molar-refractivity contribution >= 4 is 15.9 Å². The van der Waals surface area contributed by atoms with Gasteiger partial charge in [0.25, 0.3) is 5.91 Å². The second kappa shape index (κ2) is 7.43. The number of amides is 1. The summed E-state index contributed by atoms with van der Waals surface area (Å²) >= 11 is 0. The molecule has 1 aliphatic carbocycles. The quantitative estimate of drug-likeness (QED) is 0.771. The van der Waals surface area contributed by atoms with Gasteiger partial charge in [0.05, 0.1) is 11.9 Å². The van der Waals surface area contributed by atoms with Gasteiger partial charge in [-0.3, -0.25) is 4.79 Å². The van der Waals surface area contributed by atoms with Gasteiger partial charge in [-0.05, 0) is 57.6 Å². The molecule has 4 rings (SSSR count). The average molecular weight is 407 g/mol. The van der Waals surface area contributed by atoms with Crippen LogP contribution in [0.25, 0.3) is 0 Å². The number of likely N-dealkylation sites (tertiary alicyclic amines) is 1. The number of benzene rings is 1. The Bertz CT molecular complexity index is 842. The van der Waals surface area contributed by atoms with Crippen LogP contribution in [-0.4, -0.2) is 67.2 Å². The van der Waals surface area contributed by atoms with E-state index in [2.05, 4.69) is 0 Å². The minimum Gasteiger partial charge on any atom is -0.375 e. The molecule has 0 N–H and O–H groups in total. The van der Waals surface area contributed by atoms with Crippen LogP contribution in [0.5, 0.6) is 0 Å². The zero-order chi connectivity index (χ0) is 19.9. The van der Waals surface area contributed by atoms with E-state index in [0.717, 1.165) is 49.7 Å². The van der Waals surface area contributed by atoms with Gasteiger partial charge < -0.3 is 9.64 Å². The Kier molecular flexibility index (Phi) is 5.27. The summed E-state index contributed by atoms with van der Waals surface area (Å²) in [7, 11) is -3.21. The molecule has 7 heteroatoms.